The van der Waals surface area contributed by atoms with Gasteiger partial charge in [0.2, 0.25) is 0 Å². The predicted molar refractivity (Wildman–Crippen MR) is 148 cm³/mol. The normalized spacial score (nSPS) is 10.8. The molecule has 192 valence electrons. The van der Waals surface area contributed by atoms with Crippen LogP contribution in [0.1, 0.15) is 31.4 Å². The van der Waals surface area contributed by atoms with Crippen LogP contribution in [0.4, 0.5) is 5.69 Å². The van der Waals surface area contributed by atoms with Gasteiger partial charge in [0.05, 0.1) is 6.61 Å². The molecule has 3 heterocycles. The zero-order valence-corrected chi connectivity index (χ0v) is 21.1. The van der Waals surface area contributed by atoms with Crippen molar-refractivity contribution >= 4 is 11.5 Å². The van der Waals surface area contributed by atoms with Gasteiger partial charge in [-0.25, -0.2) is 4.98 Å². The highest BCUT2D eigenvalue weighted by Crippen LogP contribution is 2.30. The second kappa shape index (κ2) is 12.5. The van der Waals surface area contributed by atoms with Crippen molar-refractivity contribution in [2.75, 3.05) is 11.9 Å². The number of pyridine rings is 1. The summed E-state index contributed by atoms with van der Waals surface area (Å²) >= 11 is 0. The zero-order valence-electron chi connectivity index (χ0n) is 21.1. The molecular weight excluding hydrogens is 476 g/mol. The summed E-state index contributed by atoms with van der Waals surface area (Å²) in [4.78, 5) is 8.16. The molecule has 0 aliphatic rings. The Kier molecular flexibility index (Phi) is 8.20. The molecule has 0 aliphatic heterocycles. The van der Waals surface area contributed by atoms with Crippen molar-refractivity contribution in [2.45, 2.75) is 32.2 Å². The molecule has 2 aromatic carbocycles. The average Bonchev–Trinajstić information content (AvgIpc) is 3.67. The first-order chi connectivity index (χ1) is 18.7. The number of rotatable bonds is 12. The van der Waals surface area contributed by atoms with E-state index in [1.54, 1.807) is 24.9 Å². The van der Waals surface area contributed by atoms with Crippen molar-refractivity contribution < 1.29 is 9.15 Å². The van der Waals surface area contributed by atoms with Crippen LogP contribution in [-0.4, -0.2) is 32.2 Å². The zero-order chi connectivity index (χ0) is 26.0. The summed E-state index contributed by atoms with van der Waals surface area (Å²) in [5, 5.41) is 15.4. The van der Waals surface area contributed by atoms with E-state index in [4.69, 9.17) is 14.6 Å². The SMILES string of the molecule is N=C(Nc1ccc(-c2ccc(-c3ccc(OCCCCCCn4cncn4)cc3)o2)cc1)c1ccccn1. The highest BCUT2D eigenvalue weighted by atomic mass is 16.5. The largest absolute Gasteiger partial charge is 0.494 e. The van der Waals surface area contributed by atoms with E-state index in [-0.39, 0.29) is 5.84 Å². The van der Waals surface area contributed by atoms with Crippen molar-refractivity contribution in [2.24, 2.45) is 0 Å². The molecule has 3 aromatic heterocycles. The van der Waals surface area contributed by atoms with Crippen LogP contribution in [0.15, 0.2) is 102 Å². The van der Waals surface area contributed by atoms with Gasteiger partial charge in [-0.3, -0.25) is 15.1 Å². The van der Waals surface area contributed by atoms with Crippen LogP contribution in [0.2, 0.25) is 0 Å². The monoisotopic (exact) mass is 506 g/mol. The molecule has 38 heavy (non-hydrogen) atoms. The molecule has 2 N–H and O–H groups in total. The number of unbranched alkanes of at least 4 members (excludes halogenated alkanes) is 3. The van der Waals surface area contributed by atoms with Gasteiger partial charge in [0.15, 0.2) is 0 Å². The van der Waals surface area contributed by atoms with Crippen molar-refractivity contribution in [1.29, 1.82) is 5.41 Å². The molecular formula is C30H30N6O2. The van der Waals surface area contributed by atoms with E-state index in [2.05, 4.69) is 20.4 Å². The summed E-state index contributed by atoms with van der Waals surface area (Å²) in [6.45, 7) is 1.62. The first-order valence-electron chi connectivity index (χ1n) is 12.8. The minimum absolute atomic E-state index is 0.255. The first kappa shape index (κ1) is 25.0. The molecule has 0 saturated carbocycles. The Morgan fingerprint density at radius 2 is 1.58 bits per heavy atom. The van der Waals surface area contributed by atoms with Gasteiger partial charge in [0, 0.05) is 29.6 Å². The molecule has 0 saturated heterocycles. The van der Waals surface area contributed by atoms with Crippen molar-refractivity contribution in [3.63, 3.8) is 0 Å². The molecule has 0 unspecified atom stereocenters. The number of amidine groups is 1. The van der Waals surface area contributed by atoms with E-state index in [1.165, 1.54) is 0 Å². The Morgan fingerprint density at radius 1 is 0.842 bits per heavy atom. The third kappa shape index (κ3) is 6.73. The quantitative estimate of drug-likeness (QED) is 0.111. The Labute approximate surface area is 221 Å². The third-order valence-electron chi connectivity index (χ3n) is 6.12. The van der Waals surface area contributed by atoms with Crippen LogP contribution in [0.5, 0.6) is 5.75 Å². The topological polar surface area (TPSA) is 102 Å². The minimum atomic E-state index is 0.255. The van der Waals surface area contributed by atoms with Crippen LogP contribution in [0, 0.1) is 5.41 Å². The van der Waals surface area contributed by atoms with E-state index in [9.17, 15) is 0 Å². The standard InChI is InChI=1S/C30H30N6O2/c31-30(27-7-3-4-18-33-27)35-25-12-8-23(9-13-25)28-16-17-29(38-28)24-10-14-26(15-11-24)37-20-6-2-1-5-19-36-22-32-21-34-36/h3-4,7-18,21-22H,1-2,5-6,19-20H2,(H2,31,35). The van der Waals surface area contributed by atoms with E-state index < -0.39 is 0 Å². The molecule has 0 aliphatic carbocycles. The van der Waals surface area contributed by atoms with E-state index >= 15 is 0 Å². The van der Waals surface area contributed by atoms with E-state index in [0.29, 0.717) is 12.3 Å². The minimum Gasteiger partial charge on any atom is -0.494 e. The van der Waals surface area contributed by atoms with E-state index in [1.807, 2.05) is 77.5 Å². The lowest BCUT2D eigenvalue weighted by molar-refractivity contribution is 0.304. The highest BCUT2D eigenvalue weighted by molar-refractivity contribution is 6.04. The van der Waals surface area contributed by atoms with Crippen molar-refractivity contribution in [3.05, 3.63) is 103 Å². The van der Waals surface area contributed by atoms with Gasteiger partial charge >= 0.3 is 0 Å². The lowest BCUT2D eigenvalue weighted by Crippen LogP contribution is -2.13. The molecule has 5 rings (SSSR count). The molecule has 0 spiro atoms. The maximum atomic E-state index is 8.19. The lowest BCUT2D eigenvalue weighted by atomic mass is 10.1. The third-order valence-corrected chi connectivity index (χ3v) is 6.12. The molecule has 5 aromatic rings. The van der Waals surface area contributed by atoms with Crippen LogP contribution >= 0.6 is 0 Å². The Bertz CT molecular complexity index is 1410. The smallest absolute Gasteiger partial charge is 0.148 e. The van der Waals surface area contributed by atoms with Crippen molar-refractivity contribution in [3.8, 4) is 28.4 Å². The van der Waals surface area contributed by atoms with Gasteiger partial charge in [-0.1, -0.05) is 12.5 Å². The highest BCUT2D eigenvalue weighted by Gasteiger charge is 2.09. The van der Waals surface area contributed by atoms with Crippen molar-refractivity contribution in [1.82, 2.24) is 19.7 Å². The fourth-order valence-corrected chi connectivity index (χ4v) is 4.07. The number of ether oxygens (including phenoxy) is 1. The summed E-state index contributed by atoms with van der Waals surface area (Å²) in [6.07, 6.45) is 9.41. The second-order valence-corrected chi connectivity index (χ2v) is 8.90. The maximum absolute atomic E-state index is 8.19. The van der Waals surface area contributed by atoms with Gasteiger partial charge < -0.3 is 14.5 Å². The number of aromatic nitrogens is 4. The number of aryl methyl sites for hydroxylation is 1. The van der Waals surface area contributed by atoms with Crippen LogP contribution in [0.3, 0.4) is 0 Å². The molecule has 0 atom stereocenters. The number of nitrogens with one attached hydrogen (secondary N) is 2. The molecule has 8 nitrogen and oxygen atoms in total. The summed E-state index contributed by atoms with van der Waals surface area (Å²) in [7, 11) is 0. The van der Waals surface area contributed by atoms with Gasteiger partial charge in [-0.15, -0.1) is 0 Å². The fourth-order valence-electron chi connectivity index (χ4n) is 4.07. The molecule has 0 amide bonds. The Balaban J connectivity index is 1.08. The maximum Gasteiger partial charge on any atom is 0.148 e. The fraction of sp³-hybridized carbons (Fsp3) is 0.200. The molecule has 8 heteroatoms. The number of benzene rings is 2. The summed E-state index contributed by atoms with van der Waals surface area (Å²) < 4.78 is 13.9. The van der Waals surface area contributed by atoms with Crippen LogP contribution < -0.4 is 10.1 Å². The predicted octanol–water partition coefficient (Wildman–Crippen LogP) is 6.68. The van der Waals surface area contributed by atoms with E-state index in [0.717, 1.165) is 66.3 Å². The van der Waals surface area contributed by atoms with Crippen LogP contribution in [-0.2, 0) is 6.54 Å². The Hall–Kier alpha value is -4.72. The number of nitrogens with zero attached hydrogens (tertiary/aromatic N) is 4. The molecule has 0 radical (unpaired) electrons. The van der Waals surface area contributed by atoms with Gasteiger partial charge in [0.25, 0.3) is 0 Å². The Morgan fingerprint density at radius 3 is 2.26 bits per heavy atom. The van der Waals surface area contributed by atoms with Gasteiger partial charge in [-0.2, -0.15) is 5.10 Å². The number of anilines is 1. The number of hydrogen-bond acceptors (Lipinski definition) is 6. The number of hydrogen-bond donors (Lipinski definition) is 2. The summed E-state index contributed by atoms with van der Waals surface area (Å²) in [6, 6.07) is 25.3. The summed E-state index contributed by atoms with van der Waals surface area (Å²) in [5.41, 5.74) is 3.38. The first-order valence-corrected chi connectivity index (χ1v) is 12.8. The average molecular weight is 507 g/mol. The molecule has 0 fully saturated rings. The summed E-state index contributed by atoms with van der Waals surface area (Å²) in [5.74, 6) is 2.71. The van der Waals surface area contributed by atoms with Gasteiger partial charge in [-0.05, 0) is 92.1 Å². The van der Waals surface area contributed by atoms with Crippen LogP contribution in [0.25, 0.3) is 22.6 Å². The number of furan rings is 1. The lowest BCUT2D eigenvalue weighted by Gasteiger charge is -2.08. The van der Waals surface area contributed by atoms with Gasteiger partial charge in [0.1, 0.15) is 41.5 Å². The molecule has 0 bridgehead atoms. The second-order valence-electron chi connectivity index (χ2n) is 8.90.